The van der Waals surface area contributed by atoms with E-state index in [1.807, 2.05) is 13.0 Å². The Balaban J connectivity index is 2.06. The van der Waals surface area contributed by atoms with Crippen molar-refractivity contribution >= 4 is 11.9 Å². The van der Waals surface area contributed by atoms with Crippen LogP contribution in [0, 0.1) is 6.92 Å². The zero-order valence-corrected chi connectivity index (χ0v) is 12.3. The summed E-state index contributed by atoms with van der Waals surface area (Å²) in [5.74, 6) is -1.84. The van der Waals surface area contributed by atoms with Crippen LogP contribution in [0.15, 0.2) is 36.5 Å². The monoisotopic (exact) mass is 303 g/mol. The fourth-order valence-corrected chi connectivity index (χ4v) is 1.82. The van der Waals surface area contributed by atoms with Crippen molar-refractivity contribution in [2.75, 3.05) is 6.54 Å². The number of carboxylic acid groups (broad SMARTS) is 1. The molecule has 0 aliphatic heterocycles. The lowest BCUT2D eigenvalue weighted by Crippen LogP contribution is -2.46. The van der Waals surface area contributed by atoms with Crippen LogP contribution in [-0.2, 0) is 4.79 Å². The standard InChI is InChI=1S/C15H17N3O4/c1-10-7-8-17-18(10)12-5-3-11(4-6-12)13(19)16-9-15(2,22)14(20)21/h3-8,22H,9H2,1-2H3,(H,16,19)(H,20,21). The number of nitrogens with one attached hydrogen (secondary N) is 1. The van der Waals surface area contributed by atoms with Crippen molar-refractivity contribution in [1.82, 2.24) is 15.1 Å². The van der Waals surface area contributed by atoms with Crippen LogP contribution in [0.4, 0.5) is 0 Å². The molecular formula is C15H17N3O4. The summed E-state index contributed by atoms with van der Waals surface area (Å²) in [5, 5.41) is 24.9. The maximum atomic E-state index is 11.9. The van der Waals surface area contributed by atoms with Gasteiger partial charge in [-0.2, -0.15) is 5.10 Å². The average molecular weight is 303 g/mol. The summed E-state index contributed by atoms with van der Waals surface area (Å²) in [6.45, 7) is 2.67. The molecule has 0 aliphatic rings. The molecule has 0 saturated heterocycles. The lowest BCUT2D eigenvalue weighted by atomic mass is 10.1. The van der Waals surface area contributed by atoms with Gasteiger partial charge in [-0.3, -0.25) is 4.79 Å². The number of nitrogens with zero attached hydrogens (tertiary/aromatic N) is 2. The average Bonchev–Trinajstić information content (AvgIpc) is 2.91. The summed E-state index contributed by atoms with van der Waals surface area (Å²) < 4.78 is 1.73. The number of hydrogen-bond acceptors (Lipinski definition) is 4. The molecule has 2 aromatic rings. The summed E-state index contributed by atoms with van der Waals surface area (Å²) in [5.41, 5.74) is 0.155. The van der Waals surface area contributed by atoms with Crippen LogP contribution in [0.5, 0.6) is 0 Å². The Morgan fingerprint density at radius 3 is 2.41 bits per heavy atom. The number of carbonyl (C=O) groups is 2. The van der Waals surface area contributed by atoms with Crippen LogP contribution in [0.25, 0.3) is 5.69 Å². The summed E-state index contributed by atoms with van der Waals surface area (Å²) >= 11 is 0. The molecule has 1 heterocycles. The van der Waals surface area contributed by atoms with E-state index in [2.05, 4.69) is 10.4 Å². The second kappa shape index (κ2) is 5.98. The lowest BCUT2D eigenvalue weighted by molar-refractivity contribution is -0.155. The molecule has 0 aliphatic carbocycles. The Bertz CT molecular complexity index is 689. The number of carbonyl (C=O) groups excluding carboxylic acids is 1. The largest absolute Gasteiger partial charge is 0.479 e. The van der Waals surface area contributed by atoms with Crippen molar-refractivity contribution in [3.05, 3.63) is 47.8 Å². The molecule has 7 heteroatoms. The molecule has 3 N–H and O–H groups in total. The predicted octanol–water partition coefficient (Wildman–Crippen LogP) is 0.746. The Morgan fingerprint density at radius 2 is 1.91 bits per heavy atom. The van der Waals surface area contributed by atoms with E-state index < -0.39 is 17.5 Å². The molecule has 7 nitrogen and oxygen atoms in total. The van der Waals surface area contributed by atoms with Gasteiger partial charge in [0.2, 0.25) is 0 Å². The minimum absolute atomic E-state index is 0.370. The van der Waals surface area contributed by atoms with Crippen LogP contribution < -0.4 is 5.32 Å². The quantitative estimate of drug-likeness (QED) is 0.756. The zero-order chi connectivity index (χ0) is 16.3. The smallest absolute Gasteiger partial charge is 0.337 e. The predicted molar refractivity (Wildman–Crippen MR) is 78.9 cm³/mol. The first-order chi connectivity index (χ1) is 10.3. The number of amides is 1. The number of benzene rings is 1. The molecular weight excluding hydrogens is 286 g/mol. The molecule has 0 bridgehead atoms. The highest BCUT2D eigenvalue weighted by atomic mass is 16.4. The molecule has 0 fully saturated rings. The molecule has 1 aromatic heterocycles. The fourth-order valence-electron chi connectivity index (χ4n) is 1.82. The minimum Gasteiger partial charge on any atom is -0.479 e. The third-order valence-electron chi connectivity index (χ3n) is 3.26. The first-order valence-corrected chi connectivity index (χ1v) is 6.66. The fraction of sp³-hybridized carbons (Fsp3) is 0.267. The second-order valence-electron chi connectivity index (χ2n) is 5.19. The first kappa shape index (κ1) is 15.7. The Hall–Kier alpha value is -2.67. The van der Waals surface area contributed by atoms with Gasteiger partial charge in [-0.05, 0) is 44.2 Å². The van der Waals surface area contributed by atoms with E-state index in [-0.39, 0.29) is 6.54 Å². The number of aryl methyl sites for hydroxylation is 1. The molecule has 0 saturated carbocycles. The molecule has 0 spiro atoms. The molecule has 2 rings (SSSR count). The highest BCUT2D eigenvalue weighted by Crippen LogP contribution is 2.11. The topological polar surface area (TPSA) is 104 Å². The first-order valence-electron chi connectivity index (χ1n) is 6.66. The van der Waals surface area contributed by atoms with Gasteiger partial charge in [0, 0.05) is 17.5 Å². The number of rotatable bonds is 5. The maximum absolute atomic E-state index is 11.9. The van der Waals surface area contributed by atoms with Gasteiger partial charge in [0.15, 0.2) is 5.60 Å². The number of aliphatic hydroxyl groups is 1. The lowest BCUT2D eigenvalue weighted by Gasteiger charge is -2.18. The Morgan fingerprint density at radius 1 is 1.27 bits per heavy atom. The van der Waals surface area contributed by atoms with Crippen molar-refractivity contribution < 1.29 is 19.8 Å². The van der Waals surface area contributed by atoms with E-state index in [0.717, 1.165) is 18.3 Å². The Labute approximate surface area is 127 Å². The van der Waals surface area contributed by atoms with Gasteiger partial charge in [-0.25, -0.2) is 9.48 Å². The summed E-state index contributed by atoms with van der Waals surface area (Å²) in [6.07, 6.45) is 1.68. The van der Waals surface area contributed by atoms with Gasteiger partial charge < -0.3 is 15.5 Å². The minimum atomic E-state index is -2.00. The van der Waals surface area contributed by atoms with E-state index in [4.69, 9.17) is 5.11 Å². The van der Waals surface area contributed by atoms with Crippen molar-refractivity contribution in [2.24, 2.45) is 0 Å². The van der Waals surface area contributed by atoms with E-state index >= 15 is 0 Å². The normalized spacial score (nSPS) is 13.4. The summed E-state index contributed by atoms with van der Waals surface area (Å²) in [7, 11) is 0. The van der Waals surface area contributed by atoms with Crippen LogP contribution >= 0.6 is 0 Å². The number of hydrogen-bond donors (Lipinski definition) is 3. The molecule has 1 amide bonds. The van der Waals surface area contributed by atoms with E-state index in [9.17, 15) is 14.7 Å². The Kier molecular flexibility index (Phi) is 4.27. The van der Waals surface area contributed by atoms with E-state index in [0.29, 0.717) is 5.56 Å². The zero-order valence-electron chi connectivity index (χ0n) is 12.3. The number of carboxylic acids is 1. The molecule has 116 valence electrons. The molecule has 1 unspecified atom stereocenters. The van der Waals surface area contributed by atoms with E-state index in [1.54, 1.807) is 35.1 Å². The summed E-state index contributed by atoms with van der Waals surface area (Å²) in [4.78, 5) is 22.7. The highest BCUT2D eigenvalue weighted by Gasteiger charge is 2.30. The maximum Gasteiger partial charge on any atom is 0.337 e. The van der Waals surface area contributed by atoms with Gasteiger partial charge in [0.1, 0.15) is 0 Å². The van der Waals surface area contributed by atoms with E-state index in [1.165, 1.54) is 0 Å². The summed E-state index contributed by atoms with van der Waals surface area (Å²) in [6, 6.07) is 8.58. The van der Waals surface area contributed by atoms with Crippen LogP contribution in [0.3, 0.4) is 0 Å². The molecule has 22 heavy (non-hydrogen) atoms. The molecule has 1 atom stereocenters. The van der Waals surface area contributed by atoms with Crippen molar-refractivity contribution in [2.45, 2.75) is 19.4 Å². The van der Waals surface area contributed by atoms with Gasteiger partial charge in [0.05, 0.1) is 12.2 Å². The van der Waals surface area contributed by atoms with Gasteiger partial charge in [-0.1, -0.05) is 0 Å². The van der Waals surface area contributed by atoms with Gasteiger partial charge in [0.25, 0.3) is 5.91 Å². The van der Waals surface area contributed by atoms with Gasteiger partial charge >= 0.3 is 5.97 Å². The van der Waals surface area contributed by atoms with Crippen LogP contribution in [0.1, 0.15) is 23.0 Å². The number of aromatic nitrogens is 2. The van der Waals surface area contributed by atoms with Crippen molar-refractivity contribution in [3.63, 3.8) is 0 Å². The molecule has 0 radical (unpaired) electrons. The third-order valence-corrected chi connectivity index (χ3v) is 3.26. The third kappa shape index (κ3) is 3.32. The van der Waals surface area contributed by atoms with Crippen LogP contribution in [-0.4, -0.2) is 44.0 Å². The van der Waals surface area contributed by atoms with Crippen molar-refractivity contribution in [1.29, 1.82) is 0 Å². The highest BCUT2D eigenvalue weighted by molar-refractivity contribution is 5.94. The second-order valence-corrected chi connectivity index (χ2v) is 5.19. The van der Waals surface area contributed by atoms with Gasteiger partial charge in [-0.15, -0.1) is 0 Å². The SMILES string of the molecule is Cc1ccnn1-c1ccc(C(=O)NCC(C)(O)C(=O)O)cc1. The molecule has 1 aromatic carbocycles. The van der Waals surface area contributed by atoms with Crippen LogP contribution in [0.2, 0.25) is 0 Å². The number of aliphatic carboxylic acids is 1. The van der Waals surface area contributed by atoms with Crippen molar-refractivity contribution in [3.8, 4) is 5.69 Å².